The normalized spacial score (nSPS) is 20.3. The van der Waals surface area contributed by atoms with Gasteiger partial charge in [-0.2, -0.15) is 0 Å². The second-order valence-corrected chi connectivity index (χ2v) is 5.38. The average Bonchev–Trinajstić information content (AvgIpc) is 2.94. The predicted molar refractivity (Wildman–Crippen MR) is 108 cm³/mol. The van der Waals surface area contributed by atoms with Crippen LogP contribution in [-0.2, 0) is 6.42 Å². The van der Waals surface area contributed by atoms with Gasteiger partial charge in [0.05, 0.1) is 21.9 Å². The highest BCUT2D eigenvalue weighted by atomic mass is 14.1. The van der Waals surface area contributed by atoms with Crippen molar-refractivity contribution in [1.29, 1.82) is 0 Å². The van der Waals surface area contributed by atoms with Crippen LogP contribution in [0.3, 0.4) is 0 Å². The van der Waals surface area contributed by atoms with Gasteiger partial charge in [-0.05, 0) is 55.9 Å². The average molecular weight is 335 g/mol. The van der Waals surface area contributed by atoms with Gasteiger partial charge in [-0.25, -0.2) is 0 Å². The molecule has 0 saturated heterocycles. The lowest BCUT2D eigenvalue weighted by molar-refractivity contribution is 1.24. The predicted octanol–water partition coefficient (Wildman–Crippen LogP) is 6.74. The first kappa shape index (κ1) is 5.44. The SMILES string of the molecule is [2H]c1c([2H])c([2H])c2c([2H])c(Cc3c4c([2H])c([2H])c([2H])c([2H])c4c([2H])c4c([2H])c([2H])c([2H])c([2H])c34)c([2H])c([2H])c2c1[2H]. The van der Waals surface area contributed by atoms with E-state index in [1.807, 2.05) is 0 Å². The van der Waals surface area contributed by atoms with E-state index in [1.165, 1.54) is 0 Å². The highest BCUT2D eigenvalue weighted by molar-refractivity contribution is 6.02. The highest BCUT2D eigenvalue weighted by Gasteiger charge is 2.08. The lowest BCUT2D eigenvalue weighted by Crippen LogP contribution is -1.93. The molecule has 0 N–H and O–H groups in total. The Balaban J connectivity index is 2.06. The smallest absolute Gasteiger partial charge is 0.0616 e. The molecule has 0 aromatic heterocycles. The molecule has 0 fully saturated rings. The van der Waals surface area contributed by atoms with Crippen molar-refractivity contribution in [3.8, 4) is 0 Å². The van der Waals surface area contributed by atoms with Gasteiger partial charge < -0.3 is 0 Å². The van der Waals surface area contributed by atoms with Gasteiger partial charge in [0.15, 0.2) is 0 Å². The summed E-state index contributed by atoms with van der Waals surface area (Å²) in [7, 11) is 0. The van der Waals surface area contributed by atoms with Gasteiger partial charge in [0.25, 0.3) is 0 Å². The van der Waals surface area contributed by atoms with E-state index in [4.69, 9.17) is 21.9 Å². The van der Waals surface area contributed by atoms with Crippen molar-refractivity contribution in [2.45, 2.75) is 6.42 Å². The molecule has 5 aromatic rings. The van der Waals surface area contributed by atoms with Crippen LogP contribution in [-0.4, -0.2) is 0 Å². The fraction of sp³-hybridized carbons (Fsp3) is 0.0400. The van der Waals surface area contributed by atoms with Crippen LogP contribution in [0.1, 0.15) is 33.1 Å². The van der Waals surface area contributed by atoms with Gasteiger partial charge in [-0.1, -0.05) is 90.6 Å². The van der Waals surface area contributed by atoms with Crippen molar-refractivity contribution in [3.63, 3.8) is 0 Å². The third-order valence-corrected chi connectivity index (χ3v) is 3.88. The van der Waals surface area contributed by atoms with Crippen molar-refractivity contribution in [2.24, 2.45) is 0 Å². The summed E-state index contributed by atoms with van der Waals surface area (Å²) in [4.78, 5) is 0. The Bertz CT molecular complexity index is 1950. The zero-order valence-electron chi connectivity index (χ0n) is 28.7. The first-order chi connectivity index (χ1) is 19.1. The maximum atomic E-state index is 8.84. The largest absolute Gasteiger partial charge is 0.0636 e. The fourth-order valence-corrected chi connectivity index (χ4v) is 2.78. The molecule has 0 unspecified atom stereocenters. The van der Waals surface area contributed by atoms with Crippen molar-refractivity contribution >= 4 is 32.3 Å². The van der Waals surface area contributed by atoms with Crippen LogP contribution < -0.4 is 0 Å². The van der Waals surface area contributed by atoms with Gasteiger partial charge >= 0.3 is 0 Å². The van der Waals surface area contributed by atoms with Crippen molar-refractivity contribution in [2.75, 3.05) is 0 Å². The van der Waals surface area contributed by atoms with E-state index >= 15 is 0 Å². The van der Waals surface area contributed by atoms with Crippen molar-refractivity contribution in [1.82, 2.24) is 0 Å². The van der Waals surface area contributed by atoms with Crippen LogP contribution in [0.15, 0.2) is 96.7 Å². The van der Waals surface area contributed by atoms with Crippen molar-refractivity contribution < 1.29 is 21.9 Å². The molecule has 118 valence electrons. The quantitative estimate of drug-likeness (QED) is 0.314. The summed E-state index contributed by atoms with van der Waals surface area (Å²) in [5.74, 6) is 0. The molecule has 0 nitrogen and oxygen atoms in total. The monoisotopic (exact) mass is 334 g/mol. The van der Waals surface area contributed by atoms with E-state index in [-0.39, 0.29) is 43.4 Å². The van der Waals surface area contributed by atoms with E-state index in [0.717, 1.165) is 0 Å². The van der Waals surface area contributed by atoms with Crippen LogP contribution in [0.5, 0.6) is 0 Å². The molecule has 5 rings (SSSR count). The van der Waals surface area contributed by atoms with E-state index < -0.39 is 103 Å². The Labute approximate surface area is 169 Å². The number of rotatable bonds is 2. The lowest BCUT2D eigenvalue weighted by atomic mass is 9.92. The van der Waals surface area contributed by atoms with Crippen LogP contribution in [0.4, 0.5) is 0 Å². The fourth-order valence-electron chi connectivity index (χ4n) is 2.78. The number of hydrogen-bond donors (Lipinski definition) is 0. The van der Waals surface area contributed by atoms with Crippen LogP contribution in [0.25, 0.3) is 32.3 Å². The summed E-state index contributed by atoms with van der Waals surface area (Å²) in [5.41, 5.74) is -0.390. The molecule has 25 heavy (non-hydrogen) atoms. The summed E-state index contributed by atoms with van der Waals surface area (Å²) in [5, 5.41) is -1.82. The molecule has 0 aliphatic rings. The van der Waals surface area contributed by atoms with E-state index in [1.54, 1.807) is 0 Å². The standard InChI is InChI=1S/C25H18/c1-2-8-20-15-18(13-14-19(20)7-1)16-25-23-11-5-3-9-21(23)17-22-10-4-6-12-24(22)25/h1-15,17H,16H2/i1D,2D,3D,4D,5D,6D,7D,8D,9D,10D,11D,12D,13D,14D,15D,17D. The molecule has 0 heterocycles. The summed E-state index contributed by atoms with van der Waals surface area (Å²) < 4.78 is 134. The maximum absolute atomic E-state index is 8.84. The Morgan fingerprint density at radius 2 is 1.08 bits per heavy atom. The summed E-state index contributed by atoms with van der Waals surface area (Å²) >= 11 is 0. The highest BCUT2D eigenvalue weighted by Crippen LogP contribution is 2.30. The van der Waals surface area contributed by atoms with Crippen molar-refractivity contribution in [3.05, 3.63) is 108 Å². The summed E-state index contributed by atoms with van der Waals surface area (Å²) in [6, 6.07) is -9.92. The molecule has 0 spiro atoms. The van der Waals surface area contributed by atoms with Crippen LogP contribution in [0.2, 0.25) is 0 Å². The van der Waals surface area contributed by atoms with Gasteiger partial charge in [0.1, 0.15) is 0 Å². The molecular weight excluding hydrogens is 300 g/mol. The second kappa shape index (κ2) is 5.75. The summed E-state index contributed by atoms with van der Waals surface area (Å²) in [6.45, 7) is 0. The maximum Gasteiger partial charge on any atom is 0.0636 e. The zero-order valence-corrected chi connectivity index (χ0v) is 12.7. The Morgan fingerprint density at radius 1 is 0.520 bits per heavy atom. The number of fused-ring (bicyclic) bond motifs is 3. The Kier molecular flexibility index (Phi) is 1.25. The first-order valence-electron chi connectivity index (χ1n) is 15.5. The Hall–Kier alpha value is -3.12. The molecule has 0 amide bonds. The molecule has 0 bridgehead atoms. The molecule has 0 aliphatic heterocycles. The topological polar surface area (TPSA) is 0 Å². The number of benzene rings is 5. The molecule has 0 atom stereocenters. The zero-order chi connectivity index (χ0) is 30.6. The van der Waals surface area contributed by atoms with Gasteiger partial charge in [-0.15, -0.1) is 0 Å². The molecule has 0 aliphatic carbocycles. The van der Waals surface area contributed by atoms with E-state index in [0.29, 0.717) is 0 Å². The van der Waals surface area contributed by atoms with E-state index in [9.17, 15) is 0 Å². The Morgan fingerprint density at radius 3 is 1.76 bits per heavy atom. The third kappa shape index (κ3) is 2.47. The summed E-state index contributed by atoms with van der Waals surface area (Å²) in [6.07, 6.45) is -0.570. The van der Waals surface area contributed by atoms with Crippen LogP contribution in [0, 0.1) is 0 Å². The van der Waals surface area contributed by atoms with Gasteiger partial charge in [-0.3, -0.25) is 0 Å². The van der Waals surface area contributed by atoms with Gasteiger partial charge in [0.2, 0.25) is 0 Å². The minimum absolute atomic E-state index is 0.133. The second-order valence-electron chi connectivity index (χ2n) is 5.38. The molecule has 0 heteroatoms. The van der Waals surface area contributed by atoms with Gasteiger partial charge in [0, 0.05) is 0 Å². The molecule has 0 saturated carbocycles. The molecule has 0 radical (unpaired) electrons. The van der Waals surface area contributed by atoms with Crippen LogP contribution >= 0.6 is 0 Å². The van der Waals surface area contributed by atoms with E-state index in [2.05, 4.69) is 0 Å². The minimum atomic E-state index is -0.672. The lowest BCUT2D eigenvalue weighted by Gasteiger charge is -2.12. The number of hydrogen-bond acceptors (Lipinski definition) is 0. The molecule has 5 aromatic carbocycles. The first-order valence-corrected chi connectivity index (χ1v) is 7.46. The third-order valence-electron chi connectivity index (χ3n) is 3.88. The minimum Gasteiger partial charge on any atom is -0.0616 e. The molecular formula is C25H18.